The number of benzene rings is 2. The number of aliphatic imine (C=N–C) groups is 6. The minimum atomic E-state index is -4.94. The van der Waals surface area contributed by atoms with Gasteiger partial charge in [0.1, 0.15) is 39.6 Å². The fourth-order valence-corrected chi connectivity index (χ4v) is 5.05. The smallest absolute Gasteiger partial charge is 0.476 e. The first kappa shape index (κ1) is 69.6. The predicted octanol–water partition coefficient (Wildman–Crippen LogP) is -10.7. The third-order valence-corrected chi connectivity index (χ3v) is 6.86. The van der Waals surface area contributed by atoms with Gasteiger partial charge in [0.2, 0.25) is 35.4 Å². The van der Waals surface area contributed by atoms with Crippen molar-refractivity contribution in [1.82, 2.24) is 0 Å². The van der Waals surface area contributed by atoms with Crippen molar-refractivity contribution in [2.24, 2.45) is 30.0 Å². The molecule has 0 fully saturated rings. The summed E-state index contributed by atoms with van der Waals surface area (Å²) in [6.45, 7) is 12.3. The Morgan fingerprint density at radius 1 is 0.333 bits per heavy atom. The largest absolute Gasteiger partial charge is 1.00 e. The number of halogens is 3. The molecule has 390 valence electrons. The Bertz CT molecular complexity index is 1790. The molecule has 0 spiro atoms. The van der Waals surface area contributed by atoms with Crippen LogP contribution >= 0.6 is 0 Å². The first-order valence-electron chi connectivity index (χ1n) is 18.2. The van der Waals surface area contributed by atoms with E-state index in [-0.39, 0.29) is 67.1 Å². The van der Waals surface area contributed by atoms with Gasteiger partial charge in [-0.25, -0.2) is 85.9 Å². The summed E-state index contributed by atoms with van der Waals surface area (Å²) in [5.74, 6) is 3.97. The molecule has 0 saturated carbocycles. The molecule has 27 nitrogen and oxygen atoms in total. The fraction of sp³-hybridized carbons (Fsp3) is 0.417. The number of hydrogen-bond donors (Lipinski definition) is 0. The van der Waals surface area contributed by atoms with Gasteiger partial charge in [0.25, 0.3) is 0 Å². The molecule has 0 atom stereocenters. The van der Waals surface area contributed by atoms with E-state index in [9.17, 15) is 0 Å². The van der Waals surface area contributed by atoms with E-state index >= 15 is 0 Å². The van der Waals surface area contributed by atoms with Crippen molar-refractivity contribution >= 4 is 35.4 Å². The molecule has 0 unspecified atom stereocenters. The maximum atomic E-state index is 8.49. The summed E-state index contributed by atoms with van der Waals surface area (Å²) in [7, 11) is -14.8. The molecule has 0 saturated heterocycles. The maximum absolute atomic E-state index is 8.49. The average Bonchev–Trinajstić information content (AvgIpc) is 4.10. The average molecular weight is 1320 g/mol. The van der Waals surface area contributed by atoms with E-state index in [4.69, 9.17) is 100 Å². The zero-order valence-electron chi connectivity index (χ0n) is 35.9. The van der Waals surface area contributed by atoms with Gasteiger partial charge >= 0.3 is 67.1 Å². The Kier molecular flexibility index (Phi) is 37.5. The van der Waals surface area contributed by atoms with Gasteiger partial charge in [-0.3, -0.25) is 0 Å². The van der Waals surface area contributed by atoms with Gasteiger partial charge in [-0.05, 0) is 36.4 Å². The van der Waals surface area contributed by atoms with Crippen molar-refractivity contribution in [2.45, 2.75) is 20.8 Å². The van der Waals surface area contributed by atoms with Crippen LogP contribution in [0.5, 0.6) is 0 Å². The summed E-state index contributed by atoms with van der Waals surface area (Å²) < 4.78 is 135. The first-order valence-corrected chi connectivity index (χ1v) is 21.9. The molecule has 0 amide bonds. The molecule has 6 heterocycles. The van der Waals surface area contributed by atoms with Crippen LogP contribution in [-0.4, -0.2) is 114 Å². The Morgan fingerprint density at radius 2 is 0.435 bits per heavy atom. The minimum absolute atomic E-state index is 0. The van der Waals surface area contributed by atoms with Crippen LogP contribution in [0.2, 0.25) is 0 Å². The Morgan fingerprint density at radius 3 is 0.507 bits per heavy atom. The summed E-state index contributed by atoms with van der Waals surface area (Å²) in [4.78, 5) is 26.2. The second-order valence-corrected chi connectivity index (χ2v) is 13.9. The van der Waals surface area contributed by atoms with E-state index in [1.807, 2.05) is 36.4 Å². The van der Waals surface area contributed by atoms with Crippen LogP contribution in [0, 0.1) is 64.7 Å². The number of rotatable bonds is 6. The van der Waals surface area contributed by atoms with Crippen molar-refractivity contribution < 1.29 is 182 Å². The van der Waals surface area contributed by atoms with E-state index in [0.717, 1.165) is 33.4 Å². The van der Waals surface area contributed by atoms with Gasteiger partial charge in [0.15, 0.2) is 0 Å². The van der Waals surface area contributed by atoms with Gasteiger partial charge < -0.3 is 28.4 Å². The molecule has 0 radical (unpaired) electrons. The van der Waals surface area contributed by atoms with E-state index in [1.54, 1.807) is 18.2 Å². The minimum Gasteiger partial charge on any atom is -0.476 e. The van der Waals surface area contributed by atoms with Crippen LogP contribution in [0.15, 0.2) is 66.4 Å². The predicted molar refractivity (Wildman–Crippen MR) is 191 cm³/mol. The normalized spacial score (nSPS) is 15.3. The number of ether oxygens (including phenoxy) is 6. The van der Waals surface area contributed by atoms with Crippen LogP contribution in [0.1, 0.15) is 54.2 Å². The van der Waals surface area contributed by atoms with Crippen LogP contribution in [-0.2, 0) is 95.6 Å². The van der Waals surface area contributed by atoms with Crippen LogP contribution in [0.25, 0.3) is 0 Å². The van der Waals surface area contributed by atoms with E-state index in [2.05, 4.69) is 30.0 Å². The van der Waals surface area contributed by atoms with Crippen molar-refractivity contribution in [3.63, 3.8) is 0 Å². The fourth-order valence-electron chi connectivity index (χ4n) is 5.05. The summed E-state index contributed by atoms with van der Waals surface area (Å²) in [5, 5.41) is 22.0. The topological polar surface area (TPSA) is 478 Å². The molecule has 0 aliphatic carbocycles. The van der Waals surface area contributed by atoms with Gasteiger partial charge in [-0.2, -0.15) is 15.8 Å². The summed E-state index contributed by atoms with van der Waals surface area (Å²) >= 11 is 0. The molecular weight excluding hydrogens is 1280 g/mol. The van der Waals surface area contributed by atoms with Gasteiger partial charge in [-0.15, -0.1) is 30.7 Å². The third-order valence-electron chi connectivity index (χ3n) is 6.86. The zero-order chi connectivity index (χ0) is 49.8. The van der Waals surface area contributed by atoms with E-state index in [1.165, 1.54) is 20.8 Å². The number of hydrogen-bond acceptors (Lipinski definition) is 27. The number of nitriles is 3. The standard InChI is InChI=1S/2C15H15N3O3.3C2H3N.3Ag.3ClHO4/c2*1-4-19-13(16-1)10-7-11(14-17-2-5-20-14)9-12(8-10)15-18-3-6-21-15;3*1-2-3;;;;3*2-1(3,4)5/h2*7-9H,1-6H2;3*1H3;;;;3*(H,2,3,4,5)/q;;;;;3*+1;;;/p-3. The molecule has 8 rings (SSSR count). The molecule has 2 aromatic carbocycles. The first-order chi connectivity index (χ1) is 31.0. The quantitative estimate of drug-likeness (QED) is 0.242. The van der Waals surface area contributed by atoms with Crippen LogP contribution in [0.3, 0.4) is 0 Å². The molecule has 6 aliphatic heterocycles. The van der Waals surface area contributed by atoms with Crippen molar-refractivity contribution in [1.29, 1.82) is 15.8 Å². The third kappa shape index (κ3) is 33.5. The molecular formula is C36H39Ag3Cl3N9O18. The zero-order valence-corrected chi connectivity index (χ0v) is 42.6. The second kappa shape index (κ2) is 37.2. The van der Waals surface area contributed by atoms with Crippen molar-refractivity contribution in [3.05, 3.63) is 69.8 Å². The van der Waals surface area contributed by atoms with Crippen LogP contribution < -0.4 is 55.9 Å². The number of nitrogens with zero attached hydrogens (tertiary/aromatic N) is 9. The molecule has 0 N–H and O–H groups in total. The van der Waals surface area contributed by atoms with Gasteiger partial charge in [-0.1, -0.05) is 0 Å². The molecule has 69 heavy (non-hydrogen) atoms. The molecule has 0 bridgehead atoms. The second-order valence-electron chi connectivity index (χ2n) is 11.6. The van der Waals surface area contributed by atoms with Crippen molar-refractivity contribution in [2.75, 3.05) is 78.9 Å². The van der Waals surface area contributed by atoms with E-state index < -0.39 is 30.7 Å². The van der Waals surface area contributed by atoms with Gasteiger partial charge in [0.05, 0.1) is 57.5 Å². The SMILES string of the molecule is CC#N.CC#N.CC#N.[Ag+].[Ag+].[Ag+].[O-][Cl+3]([O-])([O-])[O-].[O-][Cl+3]([O-])([O-])[O-].[O-][Cl+3]([O-])([O-])[O-].c1c(C2=NCCO2)cc(C2=NCCO2)cc1C1=NCCO1.c1c(C2=NCCO2)cc(C2=NCCO2)cc1C1=NCCO1. The van der Waals surface area contributed by atoms with Crippen molar-refractivity contribution in [3.8, 4) is 18.2 Å². The molecule has 33 heteroatoms. The van der Waals surface area contributed by atoms with E-state index in [0.29, 0.717) is 114 Å². The summed E-state index contributed by atoms with van der Waals surface area (Å²) in [5.41, 5.74) is 5.48. The molecule has 0 aromatic heterocycles. The Hall–Kier alpha value is -3.66. The summed E-state index contributed by atoms with van der Waals surface area (Å²) in [6.07, 6.45) is 0. The monoisotopic (exact) mass is 1310 g/mol. The van der Waals surface area contributed by atoms with Gasteiger partial charge in [0, 0.05) is 54.2 Å². The summed E-state index contributed by atoms with van der Waals surface area (Å²) in [6, 6.07) is 17.2. The molecule has 6 aliphatic rings. The Labute approximate surface area is 447 Å². The van der Waals surface area contributed by atoms with Crippen LogP contribution in [0.4, 0.5) is 0 Å². The maximum Gasteiger partial charge on any atom is 1.00 e. The Balaban J connectivity index is -0.000000844. The molecule has 2 aromatic rings.